The van der Waals surface area contributed by atoms with Crippen LogP contribution >= 0.6 is 11.3 Å². The van der Waals surface area contributed by atoms with E-state index in [2.05, 4.69) is 193 Å². The van der Waals surface area contributed by atoms with Crippen LogP contribution in [0, 0.1) is 0 Å². The van der Waals surface area contributed by atoms with E-state index in [0.717, 1.165) is 70.9 Å². The van der Waals surface area contributed by atoms with Crippen LogP contribution in [0.15, 0.2) is 199 Å². The first-order valence-electron chi connectivity index (χ1n) is 17.8. The zero-order chi connectivity index (χ0) is 35.1. The average molecular weight is 697 g/mol. The molecule has 0 fully saturated rings. The van der Waals surface area contributed by atoms with Crippen LogP contribution in [0.3, 0.4) is 0 Å². The molecule has 2 heterocycles. The first-order valence-corrected chi connectivity index (χ1v) is 18.6. The minimum Gasteiger partial charge on any atom is -0.456 e. The molecule has 4 heteroatoms. The second-order valence-corrected chi connectivity index (χ2v) is 14.2. The van der Waals surface area contributed by atoms with E-state index < -0.39 is 0 Å². The highest BCUT2D eigenvalue weighted by Gasteiger charge is 2.19. The molecule has 0 bridgehead atoms. The van der Waals surface area contributed by atoms with Gasteiger partial charge in [-0.15, -0.1) is 11.3 Å². The minimum absolute atomic E-state index is 0.880. The Labute approximate surface area is 311 Å². The van der Waals surface area contributed by atoms with Crippen LogP contribution in [0.4, 0.5) is 17.1 Å². The summed E-state index contributed by atoms with van der Waals surface area (Å²) in [7, 11) is 0. The molecule has 10 rings (SSSR count). The summed E-state index contributed by atoms with van der Waals surface area (Å²) in [4.78, 5) is 7.35. The summed E-state index contributed by atoms with van der Waals surface area (Å²) in [6.07, 6.45) is 0. The Kier molecular flexibility index (Phi) is 7.67. The molecule has 0 radical (unpaired) electrons. The van der Waals surface area contributed by atoms with Crippen molar-refractivity contribution in [2.75, 3.05) is 4.90 Å². The van der Waals surface area contributed by atoms with Gasteiger partial charge in [0, 0.05) is 33.3 Å². The molecular formula is C49H32N2OS. The van der Waals surface area contributed by atoms with E-state index >= 15 is 0 Å². The molecule has 0 saturated heterocycles. The lowest BCUT2D eigenvalue weighted by Gasteiger charge is -2.28. The summed E-state index contributed by atoms with van der Waals surface area (Å²) in [6, 6.07) is 68.6. The fourth-order valence-corrected chi connectivity index (χ4v) is 8.45. The van der Waals surface area contributed by atoms with Crippen LogP contribution in [0.5, 0.6) is 0 Å². The number of anilines is 3. The Hall–Kier alpha value is -6.75. The van der Waals surface area contributed by atoms with Crippen molar-refractivity contribution in [1.29, 1.82) is 0 Å². The van der Waals surface area contributed by atoms with Crippen molar-refractivity contribution < 1.29 is 4.42 Å². The maximum absolute atomic E-state index is 6.37. The second kappa shape index (κ2) is 13.1. The molecule has 3 nitrogen and oxygen atoms in total. The van der Waals surface area contributed by atoms with Gasteiger partial charge in [-0.05, 0) is 88.5 Å². The third-order valence-corrected chi connectivity index (χ3v) is 11.0. The molecule has 53 heavy (non-hydrogen) atoms. The lowest BCUT2D eigenvalue weighted by Crippen LogP contribution is -2.11. The van der Waals surface area contributed by atoms with Crippen LogP contribution in [0.2, 0.25) is 0 Å². The molecule has 10 aromatic rings. The number of hydrogen-bond donors (Lipinski definition) is 0. The van der Waals surface area contributed by atoms with Gasteiger partial charge in [-0.25, -0.2) is 4.98 Å². The smallest absolute Gasteiger partial charge is 0.137 e. The normalized spacial score (nSPS) is 11.4. The highest BCUT2D eigenvalue weighted by molar-refractivity contribution is 7.22. The number of para-hydroxylation sites is 1. The zero-order valence-electron chi connectivity index (χ0n) is 28.7. The standard InChI is InChI=1S/C49H32N2OS/c1-5-13-33(14-6-1)37-23-28-44(41(31-37)35-15-7-2-8-16-35)51(39-19-11-4-12-20-39)40-25-21-34(22-26-40)38-24-29-45-42(32-38)47-46(52-45)30-27-43-48(47)53-49(50-43)36-17-9-3-10-18-36/h1-32H. The van der Waals surface area contributed by atoms with Gasteiger partial charge in [0.2, 0.25) is 0 Å². The van der Waals surface area contributed by atoms with Gasteiger partial charge in [-0.1, -0.05) is 133 Å². The molecule has 0 aliphatic carbocycles. The number of furan rings is 1. The molecule has 0 atom stereocenters. The van der Waals surface area contributed by atoms with Crippen molar-refractivity contribution >= 4 is 60.6 Å². The van der Waals surface area contributed by atoms with E-state index in [1.165, 1.54) is 22.3 Å². The van der Waals surface area contributed by atoms with E-state index in [1.807, 2.05) is 6.07 Å². The van der Waals surface area contributed by atoms with Gasteiger partial charge in [0.05, 0.1) is 15.9 Å². The van der Waals surface area contributed by atoms with Crippen molar-refractivity contribution in [3.63, 3.8) is 0 Å². The number of aromatic nitrogens is 1. The van der Waals surface area contributed by atoms with E-state index in [-0.39, 0.29) is 0 Å². The predicted octanol–water partition coefficient (Wildman–Crippen LogP) is 14.3. The topological polar surface area (TPSA) is 29.3 Å². The molecule has 250 valence electrons. The predicted molar refractivity (Wildman–Crippen MR) is 223 cm³/mol. The third kappa shape index (κ3) is 5.66. The Bertz CT molecular complexity index is 2860. The van der Waals surface area contributed by atoms with E-state index in [1.54, 1.807) is 11.3 Å². The Balaban J connectivity index is 1.07. The third-order valence-electron chi connectivity index (χ3n) is 9.91. The van der Waals surface area contributed by atoms with Crippen LogP contribution in [-0.4, -0.2) is 4.98 Å². The Morgan fingerprint density at radius 2 is 0.981 bits per heavy atom. The van der Waals surface area contributed by atoms with Gasteiger partial charge >= 0.3 is 0 Å². The number of rotatable bonds is 7. The van der Waals surface area contributed by atoms with Gasteiger partial charge < -0.3 is 9.32 Å². The fraction of sp³-hybridized carbons (Fsp3) is 0. The maximum Gasteiger partial charge on any atom is 0.137 e. The molecule has 8 aromatic carbocycles. The summed E-state index contributed by atoms with van der Waals surface area (Å²) < 4.78 is 7.52. The largest absolute Gasteiger partial charge is 0.456 e. The lowest BCUT2D eigenvalue weighted by molar-refractivity contribution is 0.669. The van der Waals surface area contributed by atoms with Crippen molar-refractivity contribution in [3.8, 4) is 44.0 Å². The van der Waals surface area contributed by atoms with Crippen LogP contribution in [0.25, 0.3) is 76.1 Å². The molecule has 0 aliphatic heterocycles. The van der Waals surface area contributed by atoms with E-state index in [9.17, 15) is 0 Å². The van der Waals surface area contributed by atoms with Crippen molar-refractivity contribution in [3.05, 3.63) is 194 Å². The monoisotopic (exact) mass is 696 g/mol. The van der Waals surface area contributed by atoms with Crippen molar-refractivity contribution in [2.45, 2.75) is 0 Å². The van der Waals surface area contributed by atoms with Crippen LogP contribution in [0.1, 0.15) is 0 Å². The van der Waals surface area contributed by atoms with E-state index in [0.29, 0.717) is 0 Å². The number of nitrogens with zero attached hydrogens (tertiary/aromatic N) is 2. The molecule has 0 aliphatic rings. The highest BCUT2D eigenvalue weighted by Crippen LogP contribution is 2.44. The zero-order valence-corrected chi connectivity index (χ0v) is 29.5. The number of thiazole rings is 1. The average Bonchev–Trinajstić information content (AvgIpc) is 3.84. The Morgan fingerprint density at radius 3 is 1.70 bits per heavy atom. The lowest BCUT2D eigenvalue weighted by atomic mass is 9.96. The first kappa shape index (κ1) is 31.0. The van der Waals surface area contributed by atoms with E-state index in [4.69, 9.17) is 9.40 Å². The molecular weight excluding hydrogens is 665 g/mol. The number of fused-ring (bicyclic) bond motifs is 5. The second-order valence-electron chi connectivity index (χ2n) is 13.2. The highest BCUT2D eigenvalue weighted by atomic mass is 32.1. The first-order chi connectivity index (χ1) is 26.3. The van der Waals surface area contributed by atoms with Crippen LogP contribution < -0.4 is 4.90 Å². The molecule has 0 amide bonds. The minimum atomic E-state index is 0.880. The summed E-state index contributed by atoms with van der Waals surface area (Å²) in [5.41, 5.74) is 14.2. The number of hydrogen-bond acceptors (Lipinski definition) is 4. The Morgan fingerprint density at radius 1 is 0.434 bits per heavy atom. The van der Waals surface area contributed by atoms with Crippen LogP contribution in [-0.2, 0) is 0 Å². The van der Waals surface area contributed by atoms with Gasteiger partial charge in [0.1, 0.15) is 16.2 Å². The van der Waals surface area contributed by atoms with Gasteiger partial charge in [0.15, 0.2) is 0 Å². The fourth-order valence-electron chi connectivity index (χ4n) is 7.33. The quantitative estimate of drug-likeness (QED) is 0.166. The molecule has 2 aromatic heterocycles. The summed E-state index contributed by atoms with van der Waals surface area (Å²) >= 11 is 1.72. The van der Waals surface area contributed by atoms with Gasteiger partial charge in [-0.3, -0.25) is 0 Å². The van der Waals surface area contributed by atoms with Crippen molar-refractivity contribution in [2.24, 2.45) is 0 Å². The van der Waals surface area contributed by atoms with Crippen molar-refractivity contribution in [1.82, 2.24) is 4.98 Å². The maximum atomic E-state index is 6.37. The number of benzene rings is 8. The summed E-state index contributed by atoms with van der Waals surface area (Å²) in [5, 5.41) is 3.24. The molecule has 0 unspecified atom stereocenters. The molecule has 0 N–H and O–H groups in total. The van der Waals surface area contributed by atoms with Gasteiger partial charge in [0.25, 0.3) is 0 Å². The summed E-state index contributed by atoms with van der Waals surface area (Å²) in [6.45, 7) is 0. The SMILES string of the molecule is c1ccc(-c2ccc(N(c3ccccc3)c3ccc(-c4ccc5oc6ccc7nc(-c8ccccc8)sc7c6c5c4)cc3)c(-c3ccccc3)c2)cc1. The molecule has 0 saturated carbocycles. The summed E-state index contributed by atoms with van der Waals surface area (Å²) in [5.74, 6) is 0. The molecule has 0 spiro atoms. The van der Waals surface area contributed by atoms with Gasteiger partial charge in [-0.2, -0.15) is 0 Å².